The van der Waals surface area contributed by atoms with Crippen molar-refractivity contribution >= 4 is 11.9 Å². The van der Waals surface area contributed by atoms with E-state index in [0.717, 1.165) is 18.7 Å². The van der Waals surface area contributed by atoms with Crippen molar-refractivity contribution in [2.75, 3.05) is 33.2 Å². The molecule has 2 saturated heterocycles. The number of fused-ring (bicyclic) bond motifs is 1. The number of likely N-dealkylation sites (tertiary alicyclic amines) is 2. The van der Waals surface area contributed by atoms with Crippen LogP contribution in [0.5, 0.6) is 0 Å². The van der Waals surface area contributed by atoms with Crippen molar-refractivity contribution in [3.63, 3.8) is 0 Å². The average Bonchev–Trinajstić information content (AvgIpc) is 2.87. The number of amides is 1. The summed E-state index contributed by atoms with van der Waals surface area (Å²) in [5.74, 6) is -1.04. The number of carbonyl (C=O) groups is 2. The number of piperidine rings is 1. The van der Waals surface area contributed by atoms with Crippen molar-refractivity contribution in [1.82, 2.24) is 19.8 Å². The van der Waals surface area contributed by atoms with Crippen molar-refractivity contribution in [1.29, 1.82) is 0 Å². The van der Waals surface area contributed by atoms with E-state index < -0.39 is 11.4 Å². The van der Waals surface area contributed by atoms with Crippen LogP contribution in [0.25, 0.3) is 0 Å². The minimum absolute atomic E-state index is 0.00329. The van der Waals surface area contributed by atoms with Gasteiger partial charge in [-0.2, -0.15) is 0 Å². The maximum atomic E-state index is 12.6. The maximum Gasteiger partial charge on any atom is 0.313 e. The Kier molecular flexibility index (Phi) is 3.60. The predicted octanol–water partition coefficient (Wildman–Crippen LogP) is 0.264. The number of aliphatic carboxylic acids is 1. The molecule has 1 aromatic heterocycles. The number of carboxylic acids is 1. The normalized spacial score (nSPS) is 28.5. The number of hydrogen-bond donors (Lipinski definition) is 1. The fraction of sp³-hybridized carbons (Fsp3) is 0.600. The Bertz CT molecular complexity index is 603. The second-order valence-electron chi connectivity index (χ2n) is 6.41. The first-order valence-electron chi connectivity index (χ1n) is 7.42. The van der Waals surface area contributed by atoms with Gasteiger partial charge in [0.05, 0.1) is 11.9 Å². The van der Waals surface area contributed by atoms with Crippen molar-refractivity contribution < 1.29 is 14.7 Å². The average molecular weight is 304 g/mol. The van der Waals surface area contributed by atoms with Gasteiger partial charge in [-0.1, -0.05) is 0 Å². The number of carbonyl (C=O) groups excluding carboxylic acids is 1. The van der Waals surface area contributed by atoms with E-state index in [0.29, 0.717) is 13.1 Å². The summed E-state index contributed by atoms with van der Waals surface area (Å²) in [6.07, 6.45) is 3.81. The number of aromatic nitrogens is 2. The van der Waals surface area contributed by atoms with Crippen molar-refractivity contribution in [3.8, 4) is 0 Å². The fourth-order valence-corrected chi connectivity index (χ4v) is 3.59. The molecule has 2 aliphatic heterocycles. The van der Waals surface area contributed by atoms with Crippen LogP contribution < -0.4 is 0 Å². The van der Waals surface area contributed by atoms with Crippen molar-refractivity contribution in [2.24, 2.45) is 11.3 Å². The minimum Gasteiger partial charge on any atom is -0.481 e. The molecule has 2 aliphatic rings. The first-order valence-corrected chi connectivity index (χ1v) is 7.42. The molecule has 7 nitrogen and oxygen atoms in total. The van der Waals surface area contributed by atoms with Gasteiger partial charge in [0.1, 0.15) is 11.1 Å². The molecule has 0 aliphatic carbocycles. The van der Waals surface area contributed by atoms with Gasteiger partial charge in [0.2, 0.25) is 0 Å². The standard InChI is InChI=1S/C15H20N4O3/c1-10-5-17-12(6-16-10)13(20)19-7-11-3-4-18(2)8-15(11,9-19)14(21)22/h5-6,11H,3-4,7-9H2,1-2H3,(H,21,22). The van der Waals surface area contributed by atoms with E-state index in [1.54, 1.807) is 18.0 Å². The summed E-state index contributed by atoms with van der Waals surface area (Å²) >= 11 is 0. The highest BCUT2D eigenvalue weighted by molar-refractivity contribution is 5.93. The Morgan fingerprint density at radius 1 is 1.32 bits per heavy atom. The van der Waals surface area contributed by atoms with Gasteiger partial charge in [-0.25, -0.2) is 4.98 Å². The Morgan fingerprint density at radius 2 is 2.09 bits per heavy atom. The summed E-state index contributed by atoms with van der Waals surface area (Å²) in [7, 11) is 1.93. The summed E-state index contributed by atoms with van der Waals surface area (Å²) in [5, 5.41) is 9.73. The zero-order chi connectivity index (χ0) is 15.9. The number of rotatable bonds is 2. The summed E-state index contributed by atoms with van der Waals surface area (Å²) < 4.78 is 0. The van der Waals surface area contributed by atoms with E-state index in [-0.39, 0.29) is 24.1 Å². The monoisotopic (exact) mass is 304 g/mol. The van der Waals surface area contributed by atoms with E-state index in [1.807, 2.05) is 11.9 Å². The fourth-order valence-electron chi connectivity index (χ4n) is 3.59. The Morgan fingerprint density at radius 3 is 2.73 bits per heavy atom. The van der Waals surface area contributed by atoms with E-state index in [4.69, 9.17) is 0 Å². The van der Waals surface area contributed by atoms with Crippen LogP contribution in [-0.4, -0.2) is 70.0 Å². The van der Waals surface area contributed by atoms with Crippen molar-refractivity contribution in [2.45, 2.75) is 13.3 Å². The van der Waals surface area contributed by atoms with Crippen LogP contribution >= 0.6 is 0 Å². The number of hydrogen-bond acceptors (Lipinski definition) is 5. The molecule has 0 bridgehead atoms. The molecule has 1 aromatic rings. The Hall–Kier alpha value is -2.02. The SMILES string of the molecule is Cc1cnc(C(=O)N2CC3CCN(C)CC3(C(=O)O)C2)cn1. The van der Waals surface area contributed by atoms with Gasteiger partial charge < -0.3 is 14.9 Å². The summed E-state index contributed by atoms with van der Waals surface area (Å²) in [5.41, 5.74) is 0.161. The lowest BCUT2D eigenvalue weighted by molar-refractivity contribution is -0.153. The molecule has 0 aromatic carbocycles. The lowest BCUT2D eigenvalue weighted by Gasteiger charge is -2.39. The molecular weight excluding hydrogens is 284 g/mol. The first kappa shape index (κ1) is 14.9. The second kappa shape index (κ2) is 5.31. The molecule has 0 radical (unpaired) electrons. The van der Waals surface area contributed by atoms with Crippen LogP contribution in [0.3, 0.4) is 0 Å². The van der Waals surface area contributed by atoms with E-state index >= 15 is 0 Å². The van der Waals surface area contributed by atoms with Gasteiger partial charge in [-0.3, -0.25) is 14.6 Å². The summed E-state index contributed by atoms with van der Waals surface area (Å²) in [6, 6.07) is 0. The van der Waals surface area contributed by atoms with Gasteiger partial charge in [0.25, 0.3) is 5.91 Å². The van der Waals surface area contributed by atoms with Gasteiger partial charge >= 0.3 is 5.97 Å². The smallest absolute Gasteiger partial charge is 0.313 e. The number of nitrogens with zero attached hydrogens (tertiary/aromatic N) is 4. The molecule has 2 atom stereocenters. The Labute approximate surface area is 129 Å². The van der Waals surface area contributed by atoms with E-state index in [1.165, 1.54) is 6.20 Å². The molecule has 2 fully saturated rings. The quantitative estimate of drug-likeness (QED) is 0.843. The van der Waals surface area contributed by atoms with E-state index in [9.17, 15) is 14.7 Å². The van der Waals surface area contributed by atoms with Gasteiger partial charge in [0, 0.05) is 25.8 Å². The van der Waals surface area contributed by atoms with Crippen LogP contribution in [0.1, 0.15) is 22.6 Å². The highest BCUT2D eigenvalue weighted by Gasteiger charge is 2.55. The second-order valence-corrected chi connectivity index (χ2v) is 6.41. The highest BCUT2D eigenvalue weighted by atomic mass is 16.4. The summed E-state index contributed by atoms with van der Waals surface area (Å²) in [4.78, 5) is 36.3. The third kappa shape index (κ3) is 2.35. The molecule has 0 saturated carbocycles. The summed E-state index contributed by atoms with van der Waals surface area (Å²) in [6.45, 7) is 3.88. The van der Waals surface area contributed by atoms with Crippen LogP contribution in [0.15, 0.2) is 12.4 Å². The Balaban J connectivity index is 1.84. The molecule has 3 heterocycles. The van der Waals surface area contributed by atoms with Crippen LogP contribution in [0, 0.1) is 18.3 Å². The first-order chi connectivity index (χ1) is 10.4. The number of aryl methyl sites for hydroxylation is 1. The minimum atomic E-state index is -0.860. The maximum absolute atomic E-state index is 12.6. The molecule has 0 spiro atoms. The molecule has 22 heavy (non-hydrogen) atoms. The molecule has 2 unspecified atom stereocenters. The third-order valence-electron chi connectivity index (χ3n) is 4.82. The van der Waals surface area contributed by atoms with Crippen LogP contribution in [0.2, 0.25) is 0 Å². The molecule has 3 rings (SSSR count). The van der Waals surface area contributed by atoms with Crippen LogP contribution in [-0.2, 0) is 4.79 Å². The largest absolute Gasteiger partial charge is 0.481 e. The zero-order valence-corrected chi connectivity index (χ0v) is 12.8. The lowest BCUT2D eigenvalue weighted by atomic mass is 9.73. The van der Waals surface area contributed by atoms with Gasteiger partial charge in [-0.05, 0) is 32.9 Å². The van der Waals surface area contributed by atoms with Crippen LogP contribution in [0.4, 0.5) is 0 Å². The van der Waals surface area contributed by atoms with E-state index in [2.05, 4.69) is 9.97 Å². The molecule has 118 valence electrons. The number of carboxylic acid groups (broad SMARTS) is 1. The van der Waals surface area contributed by atoms with Crippen molar-refractivity contribution in [3.05, 3.63) is 23.8 Å². The zero-order valence-electron chi connectivity index (χ0n) is 12.8. The van der Waals surface area contributed by atoms with Gasteiger partial charge in [0.15, 0.2) is 0 Å². The molecule has 7 heteroatoms. The predicted molar refractivity (Wildman–Crippen MR) is 78.3 cm³/mol. The molecular formula is C15H20N4O3. The third-order valence-corrected chi connectivity index (χ3v) is 4.82. The molecule has 1 amide bonds. The molecule has 1 N–H and O–H groups in total. The van der Waals surface area contributed by atoms with Gasteiger partial charge in [-0.15, -0.1) is 0 Å². The lowest BCUT2D eigenvalue weighted by Crippen LogP contribution is -2.52. The highest BCUT2D eigenvalue weighted by Crippen LogP contribution is 2.42. The topological polar surface area (TPSA) is 86.6 Å².